The molecule has 126 valence electrons. The molecule has 2 aromatic heterocycles. The number of carbonyl (C=O) groups excluding carboxylic acids is 1. The number of thiophene rings is 1. The van der Waals surface area contributed by atoms with Crippen molar-refractivity contribution in [2.24, 2.45) is 0 Å². The minimum Gasteiger partial charge on any atom is -0.462 e. The van der Waals surface area contributed by atoms with Gasteiger partial charge < -0.3 is 10.6 Å². The number of hydrogen-bond donors (Lipinski definition) is 1. The quantitative estimate of drug-likeness (QED) is 0.424. The molecule has 0 fully saturated rings. The first kappa shape index (κ1) is 16.7. The Labute approximate surface area is 145 Å². The predicted molar refractivity (Wildman–Crippen MR) is 92.2 cm³/mol. The molecule has 0 aliphatic rings. The van der Waals surface area contributed by atoms with Gasteiger partial charge in [-0.05, 0) is 31.5 Å². The topological polar surface area (TPSA) is 83.0 Å². The minimum absolute atomic E-state index is 0.262. The Morgan fingerprint density at radius 2 is 2.25 bits per heavy atom. The number of hydrogen-bond acceptors (Lipinski definition) is 7. The van der Waals surface area contributed by atoms with Crippen LogP contribution in [0, 0.1) is 12.7 Å². The third kappa shape index (κ3) is 2.96. The van der Waals surface area contributed by atoms with Crippen LogP contribution < -0.4 is 5.84 Å². The summed E-state index contributed by atoms with van der Waals surface area (Å²) < 4.78 is 21.5. The number of halogens is 1. The minimum atomic E-state index is -0.445. The number of rotatable bonds is 5. The zero-order chi connectivity index (χ0) is 17.3. The molecular formula is C15H15FN4O2S2. The number of nitrogen functional groups attached to an aromatic ring is 1. The van der Waals surface area contributed by atoms with Gasteiger partial charge >= 0.3 is 5.97 Å². The number of nitrogens with zero attached hydrogens (tertiary/aromatic N) is 3. The molecule has 0 aliphatic heterocycles. The standard InChI is InChI=1S/C15H15FN4O2S2/c1-3-22-14(21)13-9(7-23-15-19-18-8(2)20(15)17)12-10(16)5-4-6-11(12)24-13/h4-6H,3,7,17H2,1-2H3. The highest BCUT2D eigenvalue weighted by Gasteiger charge is 2.22. The molecule has 0 unspecified atom stereocenters. The van der Waals surface area contributed by atoms with Crippen LogP contribution in [-0.4, -0.2) is 27.4 Å². The molecule has 0 saturated carbocycles. The van der Waals surface area contributed by atoms with Crippen LogP contribution in [0.1, 0.15) is 28.0 Å². The molecule has 0 amide bonds. The van der Waals surface area contributed by atoms with E-state index in [2.05, 4.69) is 10.2 Å². The fourth-order valence-corrected chi connectivity index (χ4v) is 4.40. The second kappa shape index (κ2) is 6.78. The van der Waals surface area contributed by atoms with E-state index in [1.54, 1.807) is 26.0 Å². The van der Waals surface area contributed by atoms with E-state index in [-0.39, 0.29) is 12.4 Å². The molecule has 0 aliphatic carbocycles. The third-order valence-corrected chi connectivity index (χ3v) is 5.55. The second-order valence-corrected chi connectivity index (χ2v) is 6.93. The monoisotopic (exact) mass is 366 g/mol. The summed E-state index contributed by atoms with van der Waals surface area (Å²) in [6.45, 7) is 3.74. The number of aromatic nitrogens is 3. The summed E-state index contributed by atoms with van der Waals surface area (Å²) >= 11 is 2.52. The van der Waals surface area contributed by atoms with Crippen LogP contribution in [0.2, 0.25) is 0 Å². The van der Waals surface area contributed by atoms with Crippen molar-refractivity contribution in [3.8, 4) is 0 Å². The summed E-state index contributed by atoms with van der Waals surface area (Å²) in [7, 11) is 0. The smallest absolute Gasteiger partial charge is 0.348 e. The molecule has 2 N–H and O–H groups in total. The number of benzene rings is 1. The molecule has 3 aromatic rings. The van der Waals surface area contributed by atoms with Crippen LogP contribution in [0.15, 0.2) is 23.4 Å². The van der Waals surface area contributed by atoms with E-state index in [0.29, 0.717) is 37.3 Å². The van der Waals surface area contributed by atoms with Gasteiger partial charge in [-0.15, -0.1) is 21.5 Å². The van der Waals surface area contributed by atoms with Crippen LogP contribution in [0.4, 0.5) is 4.39 Å². The zero-order valence-corrected chi connectivity index (χ0v) is 14.7. The van der Waals surface area contributed by atoms with Crippen molar-refractivity contribution in [2.45, 2.75) is 24.8 Å². The molecular weight excluding hydrogens is 351 g/mol. The molecule has 0 spiro atoms. The van der Waals surface area contributed by atoms with Gasteiger partial charge in [0.2, 0.25) is 5.16 Å². The molecule has 0 saturated heterocycles. The van der Waals surface area contributed by atoms with Gasteiger partial charge in [0.15, 0.2) is 0 Å². The highest BCUT2D eigenvalue weighted by molar-refractivity contribution is 7.98. The maximum Gasteiger partial charge on any atom is 0.348 e. The van der Waals surface area contributed by atoms with Crippen molar-refractivity contribution < 1.29 is 13.9 Å². The van der Waals surface area contributed by atoms with Gasteiger partial charge in [0.1, 0.15) is 16.5 Å². The highest BCUT2D eigenvalue weighted by Crippen LogP contribution is 2.37. The van der Waals surface area contributed by atoms with E-state index in [0.717, 1.165) is 0 Å². The summed E-state index contributed by atoms with van der Waals surface area (Å²) in [6, 6.07) is 4.79. The Hall–Kier alpha value is -2.13. The third-order valence-electron chi connectivity index (χ3n) is 3.40. The van der Waals surface area contributed by atoms with E-state index in [4.69, 9.17) is 10.6 Å². The van der Waals surface area contributed by atoms with Gasteiger partial charge in [-0.25, -0.2) is 13.9 Å². The lowest BCUT2D eigenvalue weighted by molar-refractivity contribution is 0.0531. The van der Waals surface area contributed by atoms with Crippen molar-refractivity contribution in [1.29, 1.82) is 0 Å². The fourth-order valence-electron chi connectivity index (χ4n) is 2.25. The molecule has 0 bridgehead atoms. The molecule has 9 heteroatoms. The molecule has 0 atom stereocenters. The van der Waals surface area contributed by atoms with Gasteiger partial charge in [-0.1, -0.05) is 17.8 Å². The lowest BCUT2D eigenvalue weighted by atomic mass is 10.1. The lowest BCUT2D eigenvalue weighted by Crippen LogP contribution is -2.11. The van der Waals surface area contributed by atoms with Crippen LogP contribution in [0.3, 0.4) is 0 Å². The average Bonchev–Trinajstić information content (AvgIpc) is 3.08. The Bertz CT molecular complexity index is 906. The number of nitrogens with two attached hydrogens (primary N) is 1. The van der Waals surface area contributed by atoms with Gasteiger partial charge in [0, 0.05) is 15.8 Å². The predicted octanol–water partition coefficient (Wildman–Crippen LogP) is 3.12. The van der Waals surface area contributed by atoms with Crippen LogP contribution >= 0.6 is 23.1 Å². The van der Waals surface area contributed by atoms with E-state index in [9.17, 15) is 9.18 Å². The summed E-state index contributed by atoms with van der Waals surface area (Å²) in [4.78, 5) is 12.6. The van der Waals surface area contributed by atoms with E-state index < -0.39 is 5.97 Å². The normalized spacial score (nSPS) is 11.1. The van der Waals surface area contributed by atoms with Crippen LogP contribution in [0.25, 0.3) is 10.1 Å². The van der Waals surface area contributed by atoms with Gasteiger partial charge in [0.05, 0.1) is 6.61 Å². The number of thioether (sulfide) groups is 1. The number of esters is 1. The number of carbonyl (C=O) groups is 1. The SMILES string of the molecule is CCOC(=O)c1sc2cccc(F)c2c1CSc1nnc(C)n1N. The average molecular weight is 366 g/mol. The van der Waals surface area contributed by atoms with Crippen molar-refractivity contribution in [3.63, 3.8) is 0 Å². The first-order chi connectivity index (χ1) is 11.5. The maximum atomic E-state index is 14.3. The number of fused-ring (bicyclic) bond motifs is 1. The molecule has 2 heterocycles. The first-order valence-electron chi connectivity index (χ1n) is 7.19. The first-order valence-corrected chi connectivity index (χ1v) is 9.00. The van der Waals surface area contributed by atoms with Gasteiger partial charge in [-0.2, -0.15) is 0 Å². The summed E-state index contributed by atoms with van der Waals surface area (Å²) in [5, 5.41) is 8.80. The van der Waals surface area contributed by atoms with Crippen molar-refractivity contribution in [1.82, 2.24) is 14.9 Å². The summed E-state index contributed by atoms with van der Waals surface area (Å²) in [5.74, 6) is 5.94. The van der Waals surface area contributed by atoms with Crippen LogP contribution in [-0.2, 0) is 10.5 Å². The zero-order valence-electron chi connectivity index (χ0n) is 13.1. The summed E-state index contributed by atoms with van der Waals surface area (Å²) in [5.41, 5.74) is 0.595. The Balaban J connectivity index is 2.02. The Kier molecular flexibility index (Phi) is 4.72. The Morgan fingerprint density at radius 3 is 2.92 bits per heavy atom. The lowest BCUT2D eigenvalue weighted by Gasteiger charge is -2.05. The molecule has 6 nitrogen and oxygen atoms in total. The molecule has 1 aromatic carbocycles. The summed E-state index contributed by atoms with van der Waals surface area (Å²) in [6.07, 6.45) is 0. The van der Waals surface area contributed by atoms with Gasteiger partial charge in [-0.3, -0.25) is 0 Å². The van der Waals surface area contributed by atoms with Crippen LogP contribution in [0.5, 0.6) is 0 Å². The molecule has 3 rings (SSSR count). The number of ether oxygens (including phenoxy) is 1. The van der Waals surface area contributed by atoms with Crippen molar-refractivity contribution >= 4 is 39.2 Å². The van der Waals surface area contributed by atoms with E-state index in [1.165, 1.54) is 33.8 Å². The fraction of sp³-hybridized carbons (Fsp3) is 0.267. The largest absolute Gasteiger partial charge is 0.462 e. The van der Waals surface area contributed by atoms with E-state index in [1.807, 2.05) is 0 Å². The highest BCUT2D eigenvalue weighted by atomic mass is 32.2. The Morgan fingerprint density at radius 1 is 1.46 bits per heavy atom. The van der Waals surface area contributed by atoms with Crippen molar-refractivity contribution in [2.75, 3.05) is 12.4 Å². The van der Waals surface area contributed by atoms with Gasteiger partial charge in [0.25, 0.3) is 0 Å². The van der Waals surface area contributed by atoms with Crippen molar-refractivity contribution in [3.05, 3.63) is 40.3 Å². The maximum absolute atomic E-state index is 14.3. The number of aryl methyl sites for hydroxylation is 1. The second-order valence-electron chi connectivity index (χ2n) is 4.93. The van der Waals surface area contributed by atoms with E-state index >= 15 is 0 Å². The molecule has 24 heavy (non-hydrogen) atoms. The molecule has 0 radical (unpaired) electrons.